The molecule has 2 aromatic rings. The number of alkyl halides is 1. The lowest BCUT2D eigenvalue weighted by Crippen LogP contribution is -2.22. The topological polar surface area (TPSA) is 27.1 Å². The fraction of sp³-hybridized carbons (Fsp3) is 0.500. The Morgan fingerprint density at radius 1 is 1.42 bits per heavy atom. The van der Waals surface area contributed by atoms with Crippen LogP contribution >= 0.6 is 23.2 Å². The van der Waals surface area contributed by atoms with Gasteiger partial charge in [0, 0.05) is 12.1 Å². The van der Waals surface area contributed by atoms with Gasteiger partial charge in [0.15, 0.2) is 0 Å². The Balaban J connectivity index is 2.15. The Morgan fingerprint density at radius 3 is 3.00 bits per heavy atom. The van der Waals surface area contributed by atoms with E-state index in [2.05, 4.69) is 9.55 Å². The molecule has 1 fully saturated rings. The van der Waals surface area contributed by atoms with E-state index in [1.165, 1.54) is 6.42 Å². The van der Waals surface area contributed by atoms with Crippen LogP contribution in [0.25, 0.3) is 11.0 Å². The van der Waals surface area contributed by atoms with E-state index in [4.69, 9.17) is 27.9 Å². The number of methoxy groups -OCH3 is 1. The third-order valence-electron chi connectivity index (χ3n) is 3.90. The first kappa shape index (κ1) is 13.2. The third-order valence-corrected chi connectivity index (χ3v) is 4.37. The molecule has 0 aliphatic heterocycles. The van der Waals surface area contributed by atoms with Crippen molar-refractivity contribution >= 4 is 34.2 Å². The van der Waals surface area contributed by atoms with Crippen LogP contribution in [0.2, 0.25) is 5.02 Å². The number of fused-ring (bicyclic) bond motifs is 1. The first-order chi connectivity index (χ1) is 9.24. The molecule has 0 saturated heterocycles. The molecule has 1 heterocycles. The summed E-state index contributed by atoms with van der Waals surface area (Å²) in [4.78, 5) is 4.60. The largest absolute Gasteiger partial charge is 0.379 e. The molecule has 2 atom stereocenters. The third kappa shape index (κ3) is 2.24. The van der Waals surface area contributed by atoms with Crippen LogP contribution in [0, 0.1) is 0 Å². The molecule has 0 radical (unpaired) electrons. The maximum absolute atomic E-state index is 6.06. The summed E-state index contributed by atoms with van der Waals surface area (Å²) >= 11 is 12.1. The summed E-state index contributed by atoms with van der Waals surface area (Å²) in [5, 5.41) is 0.702. The molecule has 1 aromatic heterocycles. The smallest absolute Gasteiger partial charge is 0.125 e. The molecule has 0 N–H and O–H groups in total. The molecule has 0 spiro atoms. The molecule has 0 amide bonds. The standard InChI is InChI=1S/C14H16Cl2N2O/c1-19-13-4-2-3-12(13)18-11-6-5-9(16)7-10(11)17-14(18)8-15/h5-7,12-13H,2-4,8H2,1H3. The van der Waals surface area contributed by atoms with E-state index < -0.39 is 0 Å². The van der Waals surface area contributed by atoms with E-state index >= 15 is 0 Å². The summed E-state index contributed by atoms with van der Waals surface area (Å²) in [5.41, 5.74) is 2.00. The van der Waals surface area contributed by atoms with Gasteiger partial charge in [0.2, 0.25) is 0 Å². The van der Waals surface area contributed by atoms with Crippen LogP contribution in [0.4, 0.5) is 0 Å². The van der Waals surface area contributed by atoms with Gasteiger partial charge in [0.1, 0.15) is 5.82 Å². The number of aromatic nitrogens is 2. The van der Waals surface area contributed by atoms with Crippen molar-refractivity contribution in [2.45, 2.75) is 37.3 Å². The first-order valence-electron chi connectivity index (χ1n) is 6.49. The molecule has 1 aliphatic carbocycles. The van der Waals surface area contributed by atoms with Crippen LogP contribution in [-0.2, 0) is 10.6 Å². The van der Waals surface area contributed by atoms with E-state index in [0.717, 1.165) is 29.7 Å². The van der Waals surface area contributed by atoms with Crippen LogP contribution in [-0.4, -0.2) is 22.8 Å². The predicted molar refractivity (Wildman–Crippen MR) is 78.0 cm³/mol. The van der Waals surface area contributed by atoms with Gasteiger partial charge in [0.05, 0.1) is 29.1 Å². The monoisotopic (exact) mass is 298 g/mol. The highest BCUT2D eigenvalue weighted by Crippen LogP contribution is 2.36. The second-order valence-corrected chi connectivity index (χ2v) is 5.64. The lowest BCUT2D eigenvalue weighted by Gasteiger charge is -2.22. The zero-order valence-corrected chi connectivity index (χ0v) is 12.3. The van der Waals surface area contributed by atoms with Crippen molar-refractivity contribution in [3.05, 3.63) is 29.0 Å². The van der Waals surface area contributed by atoms with Crippen molar-refractivity contribution in [1.29, 1.82) is 0 Å². The fourth-order valence-electron chi connectivity index (χ4n) is 3.06. The van der Waals surface area contributed by atoms with E-state index in [1.807, 2.05) is 18.2 Å². The molecule has 5 heteroatoms. The van der Waals surface area contributed by atoms with Crippen LogP contribution < -0.4 is 0 Å². The zero-order valence-electron chi connectivity index (χ0n) is 10.8. The Morgan fingerprint density at radius 2 is 2.26 bits per heavy atom. The summed E-state index contributed by atoms with van der Waals surface area (Å²) in [6.45, 7) is 0. The van der Waals surface area contributed by atoms with Gasteiger partial charge in [-0.15, -0.1) is 11.6 Å². The molecular formula is C14H16Cl2N2O. The summed E-state index contributed by atoms with van der Waals surface area (Å²) in [7, 11) is 1.78. The number of hydrogen-bond donors (Lipinski definition) is 0. The van der Waals surface area contributed by atoms with Gasteiger partial charge >= 0.3 is 0 Å². The van der Waals surface area contributed by atoms with E-state index in [0.29, 0.717) is 16.9 Å². The summed E-state index contributed by atoms with van der Waals surface area (Å²) < 4.78 is 7.84. The molecule has 1 aromatic carbocycles. The number of halogens is 2. The quantitative estimate of drug-likeness (QED) is 0.795. The lowest BCUT2D eigenvalue weighted by atomic mass is 10.2. The number of benzene rings is 1. The van der Waals surface area contributed by atoms with E-state index in [1.54, 1.807) is 7.11 Å². The molecule has 1 saturated carbocycles. The summed E-state index contributed by atoms with van der Waals surface area (Å²) in [6, 6.07) is 6.13. The highest BCUT2D eigenvalue weighted by molar-refractivity contribution is 6.31. The first-order valence-corrected chi connectivity index (χ1v) is 7.41. The van der Waals surface area contributed by atoms with Gasteiger partial charge in [-0.25, -0.2) is 4.98 Å². The van der Waals surface area contributed by atoms with E-state index in [9.17, 15) is 0 Å². The number of ether oxygens (including phenoxy) is 1. The van der Waals surface area contributed by atoms with Gasteiger partial charge < -0.3 is 9.30 Å². The maximum atomic E-state index is 6.06. The number of hydrogen-bond acceptors (Lipinski definition) is 2. The number of rotatable bonds is 3. The fourth-order valence-corrected chi connectivity index (χ4v) is 3.42. The van der Waals surface area contributed by atoms with Gasteiger partial charge in [-0.05, 0) is 37.5 Å². The minimum absolute atomic E-state index is 0.245. The predicted octanol–water partition coefficient (Wildman–Crippen LogP) is 4.17. The van der Waals surface area contributed by atoms with Crippen LogP contribution in [0.1, 0.15) is 31.1 Å². The van der Waals surface area contributed by atoms with Crippen molar-refractivity contribution in [2.75, 3.05) is 7.11 Å². The molecule has 0 bridgehead atoms. The zero-order chi connectivity index (χ0) is 13.4. The van der Waals surface area contributed by atoms with Crippen LogP contribution in [0.3, 0.4) is 0 Å². The second-order valence-electron chi connectivity index (χ2n) is 4.94. The highest BCUT2D eigenvalue weighted by atomic mass is 35.5. The molecule has 19 heavy (non-hydrogen) atoms. The molecule has 1 aliphatic rings. The van der Waals surface area contributed by atoms with Gasteiger partial charge in [-0.1, -0.05) is 11.6 Å². The number of imidazole rings is 1. The minimum Gasteiger partial charge on any atom is -0.379 e. The number of nitrogens with zero attached hydrogens (tertiary/aromatic N) is 2. The van der Waals surface area contributed by atoms with Gasteiger partial charge in [-0.3, -0.25) is 0 Å². The van der Waals surface area contributed by atoms with E-state index in [-0.39, 0.29) is 6.10 Å². The highest BCUT2D eigenvalue weighted by Gasteiger charge is 2.31. The molecule has 3 rings (SSSR count). The normalized spacial score (nSPS) is 23.3. The molecule has 2 unspecified atom stereocenters. The Labute approximate surface area is 122 Å². The average molecular weight is 299 g/mol. The molecule has 102 valence electrons. The summed E-state index contributed by atoms with van der Waals surface area (Å²) in [6.07, 6.45) is 3.63. The SMILES string of the molecule is COC1CCCC1n1c(CCl)nc2cc(Cl)ccc21. The Kier molecular flexibility index (Phi) is 3.70. The van der Waals surface area contributed by atoms with Crippen molar-refractivity contribution in [3.8, 4) is 0 Å². The molecule has 3 nitrogen and oxygen atoms in total. The van der Waals surface area contributed by atoms with Crippen LogP contribution in [0.5, 0.6) is 0 Å². The Bertz CT molecular complexity index is 596. The second kappa shape index (κ2) is 5.31. The van der Waals surface area contributed by atoms with Crippen molar-refractivity contribution in [1.82, 2.24) is 9.55 Å². The van der Waals surface area contributed by atoms with Crippen LogP contribution in [0.15, 0.2) is 18.2 Å². The van der Waals surface area contributed by atoms with Crippen molar-refractivity contribution in [3.63, 3.8) is 0 Å². The molecular weight excluding hydrogens is 283 g/mol. The van der Waals surface area contributed by atoms with Gasteiger partial charge in [0.25, 0.3) is 0 Å². The van der Waals surface area contributed by atoms with Gasteiger partial charge in [-0.2, -0.15) is 0 Å². The van der Waals surface area contributed by atoms with Crippen molar-refractivity contribution < 1.29 is 4.74 Å². The van der Waals surface area contributed by atoms with Crippen molar-refractivity contribution in [2.24, 2.45) is 0 Å². The lowest BCUT2D eigenvalue weighted by molar-refractivity contribution is 0.0755. The maximum Gasteiger partial charge on any atom is 0.125 e. The Hall–Kier alpha value is -0.770. The summed E-state index contributed by atoms with van der Waals surface area (Å²) in [5.74, 6) is 1.30. The minimum atomic E-state index is 0.245. The average Bonchev–Trinajstić information content (AvgIpc) is 3.00.